The minimum atomic E-state index is 0.0816. The number of rotatable bonds is 1. The molecular weight excluding hydrogens is 356 g/mol. The number of amides is 1. The summed E-state index contributed by atoms with van der Waals surface area (Å²) in [4.78, 5) is 15.3. The highest BCUT2D eigenvalue weighted by molar-refractivity contribution is 9.10. The lowest BCUT2D eigenvalue weighted by atomic mass is 10.2. The largest absolute Gasteiger partial charge is 0.397 e. The molecule has 3 rings (SSSR count). The van der Waals surface area contributed by atoms with Crippen LogP contribution >= 0.6 is 39.0 Å². The van der Waals surface area contributed by atoms with Gasteiger partial charge in [-0.05, 0) is 24.3 Å². The van der Waals surface area contributed by atoms with Crippen LogP contribution < -0.4 is 5.73 Å². The van der Waals surface area contributed by atoms with Crippen molar-refractivity contribution < 1.29 is 4.79 Å². The Morgan fingerprint density at radius 1 is 1.30 bits per heavy atom. The second-order valence-corrected chi connectivity index (χ2v) is 7.85. The number of thiophene rings is 1. The maximum Gasteiger partial charge on any atom is 0.266 e. The normalized spacial score (nSPS) is 16.4. The fourth-order valence-corrected chi connectivity index (χ4v) is 5.10. The van der Waals surface area contributed by atoms with Gasteiger partial charge in [-0.3, -0.25) is 4.79 Å². The second-order valence-electron chi connectivity index (χ2n) is 4.72. The van der Waals surface area contributed by atoms with Gasteiger partial charge < -0.3 is 10.6 Å². The average Bonchev–Trinajstić information content (AvgIpc) is 2.65. The van der Waals surface area contributed by atoms with E-state index in [0.29, 0.717) is 10.6 Å². The topological polar surface area (TPSA) is 46.3 Å². The number of thioether (sulfide) groups is 1. The van der Waals surface area contributed by atoms with E-state index in [1.807, 2.05) is 34.9 Å². The SMILES string of the molecule is Nc1c(C(=O)N2CCCSCC2)sc2cccc(Br)c12. The fraction of sp³-hybridized carbons (Fsp3) is 0.357. The summed E-state index contributed by atoms with van der Waals surface area (Å²) in [5.41, 5.74) is 6.82. The molecule has 1 aliphatic rings. The van der Waals surface area contributed by atoms with Gasteiger partial charge in [0, 0.05) is 33.4 Å². The quantitative estimate of drug-likeness (QED) is 0.829. The van der Waals surface area contributed by atoms with Gasteiger partial charge in [-0.15, -0.1) is 11.3 Å². The number of hydrogen-bond acceptors (Lipinski definition) is 4. The fourth-order valence-electron chi connectivity index (χ4n) is 2.38. The maximum atomic E-state index is 12.7. The Labute approximate surface area is 134 Å². The molecule has 1 aliphatic heterocycles. The van der Waals surface area contributed by atoms with E-state index in [1.165, 1.54) is 11.3 Å². The van der Waals surface area contributed by atoms with Crippen LogP contribution in [0.15, 0.2) is 22.7 Å². The van der Waals surface area contributed by atoms with E-state index in [9.17, 15) is 4.79 Å². The second kappa shape index (κ2) is 5.95. The summed E-state index contributed by atoms with van der Waals surface area (Å²) in [6.45, 7) is 1.65. The average molecular weight is 371 g/mol. The van der Waals surface area contributed by atoms with Crippen molar-refractivity contribution >= 4 is 60.7 Å². The van der Waals surface area contributed by atoms with Gasteiger partial charge in [0.05, 0.1) is 5.69 Å². The summed E-state index contributed by atoms with van der Waals surface area (Å²) in [6, 6.07) is 5.94. The zero-order valence-electron chi connectivity index (χ0n) is 10.9. The Balaban J connectivity index is 1.99. The first-order valence-corrected chi connectivity index (χ1v) is 9.28. The number of nitrogen functional groups attached to an aromatic ring is 1. The van der Waals surface area contributed by atoms with Crippen LogP contribution in [0.1, 0.15) is 16.1 Å². The Bertz CT molecular complexity index is 648. The molecule has 0 aliphatic carbocycles. The van der Waals surface area contributed by atoms with Crippen LogP contribution in [0, 0.1) is 0 Å². The van der Waals surface area contributed by atoms with E-state index in [2.05, 4.69) is 15.9 Å². The smallest absolute Gasteiger partial charge is 0.266 e. The molecule has 1 fully saturated rings. The summed E-state index contributed by atoms with van der Waals surface area (Å²) in [6.07, 6.45) is 1.06. The van der Waals surface area contributed by atoms with Crippen molar-refractivity contribution in [2.45, 2.75) is 6.42 Å². The molecule has 2 heterocycles. The van der Waals surface area contributed by atoms with Crippen molar-refractivity contribution in [2.24, 2.45) is 0 Å². The van der Waals surface area contributed by atoms with Gasteiger partial charge in [0.1, 0.15) is 4.88 Å². The minimum absolute atomic E-state index is 0.0816. The summed E-state index contributed by atoms with van der Waals surface area (Å²) in [5, 5.41) is 0.963. The lowest BCUT2D eigenvalue weighted by molar-refractivity contribution is 0.0774. The number of hydrogen-bond donors (Lipinski definition) is 1. The number of nitrogens with two attached hydrogens (primary N) is 1. The highest BCUT2D eigenvalue weighted by Crippen LogP contribution is 2.38. The van der Waals surface area contributed by atoms with E-state index in [-0.39, 0.29) is 5.91 Å². The zero-order valence-corrected chi connectivity index (χ0v) is 14.1. The van der Waals surface area contributed by atoms with E-state index in [0.717, 1.165) is 45.6 Å². The van der Waals surface area contributed by atoms with Crippen LogP contribution in [0.5, 0.6) is 0 Å². The monoisotopic (exact) mass is 370 g/mol. The molecule has 2 N–H and O–H groups in total. The van der Waals surface area contributed by atoms with Crippen molar-refractivity contribution in [3.8, 4) is 0 Å². The Hall–Kier alpha value is -0.720. The van der Waals surface area contributed by atoms with Crippen molar-refractivity contribution in [1.82, 2.24) is 4.90 Å². The van der Waals surface area contributed by atoms with Gasteiger partial charge in [0.15, 0.2) is 0 Å². The summed E-state index contributed by atoms with van der Waals surface area (Å²) in [7, 11) is 0. The molecule has 0 radical (unpaired) electrons. The lowest BCUT2D eigenvalue weighted by Gasteiger charge is -2.19. The number of fused-ring (bicyclic) bond motifs is 1. The molecule has 6 heteroatoms. The minimum Gasteiger partial charge on any atom is -0.397 e. The van der Waals surface area contributed by atoms with Crippen LogP contribution in [-0.4, -0.2) is 35.4 Å². The van der Waals surface area contributed by atoms with Gasteiger partial charge >= 0.3 is 0 Å². The Morgan fingerprint density at radius 3 is 2.95 bits per heavy atom. The van der Waals surface area contributed by atoms with Crippen LogP contribution in [0.4, 0.5) is 5.69 Å². The molecule has 1 aromatic heterocycles. The number of benzene rings is 1. The van der Waals surface area contributed by atoms with Crippen LogP contribution in [0.25, 0.3) is 10.1 Å². The third-order valence-electron chi connectivity index (χ3n) is 3.41. The number of carbonyl (C=O) groups is 1. The zero-order chi connectivity index (χ0) is 14.1. The van der Waals surface area contributed by atoms with Gasteiger partial charge in [0.25, 0.3) is 5.91 Å². The first-order chi connectivity index (χ1) is 9.68. The molecule has 0 atom stereocenters. The van der Waals surface area contributed by atoms with Crippen LogP contribution in [0.3, 0.4) is 0 Å². The van der Waals surface area contributed by atoms with Gasteiger partial charge in [-0.25, -0.2) is 0 Å². The number of nitrogens with zero attached hydrogens (tertiary/aromatic N) is 1. The highest BCUT2D eigenvalue weighted by atomic mass is 79.9. The standard InChI is InChI=1S/C14H15BrN2OS2/c15-9-3-1-4-10-11(9)12(16)13(20-10)14(18)17-5-2-7-19-8-6-17/h1,3-4H,2,5-8,16H2. The predicted molar refractivity (Wildman–Crippen MR) is 91.8 cm³/mol. The Kier molecular flexibility index (Phi) is 4.23. The molecular formula is C14H15BrN2OS2. The molecule has 1 aromatic carbocycles. The molecule has 0 unspecified atom stereocenters. The first-order valence-electron chi connectivity index (χ1n) is 6.52. The summed E-state index contributed by atoms with van der Waals surface area (Å²) < 4.78 is 2.01. The summed E-state index contributed by atoms with van der Waals surface area (Å²) >= 11 is 6.93. The first kappa shape index (κ1) is 14.2. The van der Waals surface area contributed by atoms with Crippen molar-refractivity contribution in [1.29, 1.82) is 0 Å². The molecule has 0 bridgehead atoms. The van der Waals surface area contributed by atoms with Crippen molar-refractivity contribution in [2.75, 3.05) is 30.3 Å². The van der Waals surface area contributed by atoms with E-state index >= 15 is 0 Å². The number of halogens is 1. The van der Waals surface area contributed by atoms with Crippen LogP contribution in [-0.2, 0) is 0 Å². The lowest BCUT2D eigenvalue weighted by Crippen LogP contribution is -2.32. The number of anilines is 1. The van der Waals surface area contributed by atoms with Gasteiger partial charge in [-0.1, -0.05) is 22.0 Å². The molecule has 1 amide bonds. The third-order valence-corrected chi connectivity index (χ3v) is 6.27. The maximum absolute atomic E-state index is 12.7. The molecule has 0 saturated carbocycles. The molecule has 0 spiro atoms. The molecule has 3 nitrogen and oxygen atoms in total. The van der Waals surface area contributed by atoms with Crippen molar-refractivity contribution in [3.05, 3.63) is 27.5 Å². The highest BCUT2D eigenvalue weighted by Gasteiger charge is 2.23. The van der Waals surface area contributed by atoms with Crippen LogP contribution in [0.2, 0.25) is 0 Å². The third kappa shape index (κ3) is 2.56. The molecule has 2 aromatic rings. The number of carbonyl (C=O) groups excluding carboxylic acids is 1. The Morgan fingerprint density at radius 2 is 2.15 bits per heavy atom. The van der Waals surface area contributed by atoms with Gasteiger partial charge in [-0.2, -0.15) is 11.8 Å². The molecule has 106 valence electrons. The molecule has 20 heavy (non-hydrogen) atoms. The van der Waals surface area contributed by atoms with E-state index in [4.69, 9.17) is 5.73 Å². The summed E-state index contributed by atoms with van der Waals surface area (Å²) in [5.74, 6) is 2.23. The van der Waals surface area contributed by atoms with E-state index < -0.39 is 0 Å². The van der Waals surface area contributed by atoms with Gasteiger partial charge in [0.2, 0.25) is 0 Å². The molecule has 1 saturated heterocycles. The van der Waals surface area contributed by atoms with E-state index in [1.54, 1.807) is 0 Å². The van der Waals surface area contributed by atoms with Crippen molar-refractivity contribution in [3.63, 3.8) is 0 Å². The predicted octanol–water partition coefficient (Wildman–Crippen LogP) is 3.83.